The summed E-state index contributed by atoms with van der Waals surface area (Å²) in [6.45, 7) is 5.20. The molecule has 0 aliphatic heterocycles. The van der Waals surface area contributed by atoms with Crippen LogP contribution in [0.2, 0.25) is 0 Å². The molecule has 0 radical (unpaired) electrons. The summed E-state index contributed by atoms with van der Waals surface area (Å²) in [5.41, 5.74) is 3.15. The van der Waals surface area contributed by atoms with Crippen LogP contribution in [0.1, 0.15) is 30.8 Å². The molecule has 1 N–H and O–H groups in total. The third kappa shape index (κ3) is 3.37. The van der Waals surface area contributed by atoms with Crippen LogP contribution in [-0.4, -0.2) is 21.3 Å². The summed E-state index contributed by atoms with van der Waals surface area (Å²) in [4.78, 5) is 4.58. The number of ether oxygens (including phenoxy) is 1. The maximum atomic E-state index is 10.2. The van der Waals surface area contributed by atoms with Gasteiger partial charge in [0.05, 0.1) is 17.6 Å². The average Bonchev–Trinajstić information content (AvgIpc) is 2.95. The van der Waals surface area contributed by atoms with E-state index in [9.17, 15) is 5.11 Å². The highest BCUT2D eigenvalue weighted by atomic mass is 16.5. The summed E-state index contributed by atoms with van der Waals surface area (Å²) in [5, 5.41) is 10.2. The Bertz CT molecular complexity index is 778. The largest absolute Gasteiger partial charge is 0.492 e. The minimum atomic E-state index is -0.554. The molecule has 0 unspecified atom stereocenters. The Hall–Kier alpha value is -2.33. The first-order valence-electron chi connectivity index (χ1n) is 8.01. The van der Waals surface area contributed by atoms with Gasteiger partial charge in [0.25, 0.3) is 0 Å². The number of aromatic nitrogens is 2. The summed E-state index contributed by atoms with van der Waals surface area (Å²) < 4.78 is 7.87. The molecule has 3 aromatic rings. The second-order valence-corrected chi connectivity index (χ2v) is 5.70. The molecular weight excluding hydrogens is 288 g/mol. The van der Waals surface area contributed by atoms with Crippen molar-refractivity contribution in [2.45, 2.75) is 32.9 Å². The Labute approximate surface area is 136 Å². The highest BCUT2D eigenvalue weighted by molar-refractivity contribution is 5.76. The Morgan fingerprint density at radius 3 is 2.61 bits per heavy atom. The molecule has 0 spiro atoms. The van der Waals surface area contributed by atoms with E-state index in [1.807, 2.05) is 55.5 Å². The van der Waals surface area contributed by atoms with Crippen molar-refractivity contribution in [3.8, 4) is 5.75 Å². The van der Waals surface area contributed by atoms with Crippen LogP contribution < -0.4 is 4.74 Å². The second-order valence-electron chi connectivity index (χ2n) is 5.70. The molecule has 1 heterocycles. The Kier molecular flexibility index (Phi) is 4.63. The lowest BCUT2D eigenvalue weighted by Gasteiger charge is -2.13. The number of fused-ring (bicyclic) bond motifs is 1. The van der Waals surface area contributed by atoms with Gasteiger partial charge in [0.2, 0.25) is 0 Å². The monoisotopic (exact) mass is 310 g/mol. The van der Waals surface area contributed by atoms with Gasteiger partial charge in [-0.2, -0.15) is 0 Å². The van der Waals surface area contributed by atoms with Gasteiger partial charge in [0, 0.05) is 0 Å². The zero-order valence-electron chi connectivity index (χ0n) is 13.6. The number of aryl methyl sites for hydroxylation is 1. The molecule has 4 nitrogen and oxygen atoms in total. The van der Waals surface area contributed by atoms with Crippen molar-refractivity contribution in [3.63, 3.8) is 0 Å². The van der Waals surface area contributed by atoms with Gasteiger partial charge in [-0.05, 0) is 37.6 Å². The lowest BCUT2D eigenvalue weighted by molar-refractivity contribution is 0.157. The van der Waals surface area contributed by atoms with Crippen molar-refractivity contribution in [1.29, 1.82) is 0 Å². The van der Waals surface area contributed by atoms with Crippen LogP contribution in [0.25, 0.3) is 11.0 Å². The Balaban J connectivity index is 1.79. The fourth-order valence-corrected chi connectivity index (χ4v) is 2.66. The third-order valence-electron chi connectivity index (χ3n) is 3.97. The number of hydrogen-bond donors (Lipinski definition) is 1. The third-order valence-corrected chi connectivity index (χ3v) is 3.97. The van der Waals surface area contributed by atoms with Gasteiger partial charge in [-0.25, -0.2) is 4.98 Å². The molecule has 0 saturated carbocycles. The molecule has 0 saturated heterocycles. The molecule has 0 bridgehead atoms. The van der Waals surface area contributed by atoms with Crippen molar-refractivity contribution in [1.82, 2.24) is 9.55 Å². The summed E-state index contributed by atoms with van der Waals surface area (Å²) in [6, 6.07) is 16.0. The first kappa shape index (κ1) is 15.6. The van der Waals surface area contributed by atoms with Crippen LogP contribution in [-0.2, 0) is 6.54 Å². The van der Waals surface area contributed by atoms with Crippen LogP contribution in [0.3, 0.4) is 0 Å². The molecule has 2 aromatic carbocycles. The van der Waals surface area contributed by atoms with Crippen molar-refractivity contribution in [2.75, 3.05) is 6.61 Å². The highest BCUT2D eigenvalue weighted by Crippen LogP contribution is 2.22. The van der Waals surface area contributed by atoms with E-state index < -0.39 is 6.10 Å². The first-order valence-corrected chi connectivity index (χ1v) is 8.01. The predicted molar refractivity (Wildman–Crippen MR) is 91.7 cm³/mol. The number of rotatable bonds is 6. The fraction of sp³-hybridized carbons (Fsp3) is 0.316. The highest BCUT2D eigenvalue weighted by Gasteiger charge is 2.16. The second kappa shape index (κ2) is 6.84. The lowest BCUT2D eigenvalue weighted by Crippen LogP contribution is -2.13. The van der Waals surface area contributed by atoms with E-state index >= 15 is 0 Å². The van der Waals surface area contributed by atoms with Crippen molar-refractivity contribution >= 4 is 11.0 Å². The normalized spacial score (nSPS) is 12.5. The molecule has 0 aliphatic carbocycles. The van der Waals surface area contributed by atoms with Gasteiger partial charge in [-0.1, -0.05) is 36.8 Å². The smallest absolute Gasteiger partial charge is 0.138 e. The standard InChI is InChI=1S/C19H22N2O2/c1-3-18(22)19-20-16-6-4-5-7-17(16)21(19)12-13-23-15-10-8-14(2)9-11-15/h4-11,18,22H,3,12-13H2,1-2H3/t18-/m1/s1. The van der Waals surface area contributed by atoms with Gasteiger partial charge in [0.1, 0.15) is 24.3 Å². The molecular formula is C19H22N2O2. The van der Waals surface area contributed by atoms with E-state index in [1.165, 1.54) is 5.56 Å². The molecule has 1 aromatic heterocycles. The number of hydrogen-bond acceptors (Lipinski definition) is 3. The molecule has 0 amide bonds. The molecule has 0 fully saturated rings. The van der Waals surface area contributed by atoms with Gasteiger partial charge < -0.3 is 14.4 Å². The van der Waals surface area contributed by atoms with Gasteiger partial charge in [-0.3, -0.25) is 0 Å². The van der Waals surface area contributed by atoms with Crippen LogP contribution in [0.15, 0.2) is 48.5 Å². The molecule has 23 heavy (non-hydrogen) atoms. The predicted octanol–water partition coefficient (Wildman–Crippen LogP) is 3.87. The number of nitrogens with zero attached hydrogens (tertiary/aromatic N) is 2. The summed E-state index contributed by atoms with van der Waals surface area (Å²) in [5.74, 6) is 1.57. The van der Waals surface area contributed by atoms with Crippen molar-refractivity contribution < 1.29 is 9.84 Å². The van der Waals surface area contributed by atoms with Gasteiger partial charge in [-0.15, -0.1) is 0 Å². The average molecular weight is 310 g/mol. The maximum Gasteiger partial charge on any atom is 0.138 e. The molecule has 120 valence electrons. The summed E-state index contributed by atoms with van der Waals surface area (Å²) in [6.07, 6.45) is 0.0871. The number of benzene rings is 2. The number of imidazole rings is 1. The first-order chi connectivity index (χ1) is 11.2. The number of para-hydroxylation sites is 2. The fourth-order valence-electron chi connectivity index (χ4n) is 2.66. The van der Waals surface area contributed by atoms with E-state index in [2.05, 4.69) is 16.5 Å². The zero-order chi connectivity index (χ0) is 16.2. The Morgan fingerprint density at radius 2 is 1.87 bits per heavy atom. The Morgan fingerprint density at radius 1 is 1.13 bits per heavy atom. The van der Waals surface area contributed by atoms with Crippen molar-refractivity contribution in [3.05, 3.63) is 59.9 Å². The van der Waals surface area contributed by atoms with E-state index in [-0.39, 0.29) is 0 Å². The quantitative estimate of drug-likeness (QED) is 0.752. The minimum Gasteiger partial charge on any atom is -0.492 e. The number of aliphatic hydroxyl groups excluding tert-OH is 1. The van der Waals surface area contributed by atoms with E-state index in [0.29, 0.717) is 25.4 Å². The van der Waals surface area contributed by atoms with Gasteiger partial charge >= 0.3 is 0 Å². The molecule has 0 aliphatic rings. The minimum absolute atomic E-state index is 0.535. The summed E-state index contributed by atoms with van der Waals surface area (Å²) in [7, 11) is 0. The topological polar surface area (TPSA) is 47.3 Å². The van der Waals surface area contributed by atoms with Crippen LogP contribution in [0, 0.1) is 6.92 Å². The maximum absolute atomic E-state index is 10.2. The SMILES string of the molecule is CC[C@@H](O)c1nc2ccccc2n1CCOc1ccc(C)cc1. The number of aliphatic hydroxyl groups is 1. The van der Waals surface area contributed by atoms with Gasteiger partial charge in [0.15, 0.2) is 0 Å². The van der Waals surface area contributed by atoms with Crippen LogP contribution in [0.4, 0.5) is 0 Å². The lowest BCUT2D eigenvalue weighted by atomic mass is 10.2. The molecule has 1 atom stereocenters. The zero-order valence-corrected chi connectivity index (χ0v) is 13.6. The van der Waals surface area contributed by atoms with E-state index in [1.54, 1.807) is 0 Å². The van der Waals surface area contributed by atoms with E-state index in [4.69, 9.17) is 4.74 Å². The van der Waals surface area contributed by atoms with Crippen molar-refractivity contribution in [2.24, 2.45) is 0 Å². The van der Waals surface area contributed by atoms with Crippen LogP contribution >= 0.6 is 0 Å². The van der Waals surface area contributed by atoms with E-state index in [0.717, 1.165) is 16.8 Å². The van der Waals surface area contributed by atoms with Crippen LogP contribution in [0.5, 0.6) is 5.75 Å². The molecule has 4 heteroatoms. The summed E-state index contributed by atoms with van der Waals surface area (Å²) >= 11 is 0. The molecule has 3 rings (SSSR count).